The van der Waals surface area contributed by atoms with Crippen LogP contribution >= 0.6 is 0 Å². The Bertz CT molecular complexity index is 579. The summed E-state index contributed by atoms with van der Waals surface area (Å²) in [6, 6.07) is 6.63. The topological polar surface area (TPSA) is 93.7 Å². The SMILES string of the molecule is CC(=O)Nc1ccc(NC(=O)[C@H](C)OC(=O)[C@@H]2CCCO2)cc1. The number of rotatable bonds is 5. The van der Waals surface area contributed by atoms with Gasteiger partial charge in [0, 0.05) is 24.9 Å². The quantitative estimate of drug-likeness (QED) is 0.805. The van der Waals surface area contributed by atoms with Gasteiger partial charge < -0.3 is 20.1 Å². The Labute approximate surface area is 134 Å². The number of hydrogen-bond donors (Lipinski definition) is 2. The number of esters is 1. The molecule has 1 saturated heterocycles. The van der Waals surface area contributed by atoms with Gasteiger partial charge in [-0.2, -0.15) is 0 Å². The minimum atomic E-state index is -0.915. The maximum atomic E-state index is 12.0. The van der Waals surface area contributed by atoms with E-state index in [1.54, 1.807) is 24.3 Å². The van der Waals surface area contributed by atoms with Gasteiger partial charge in [0.2, 0.25) is 5.91 Å². The lowest BCUT2D eigenvalue weighted by atomic mass is 10.2. The van der Waals surface area contributed by atoms with Gasteiger partial charge in [0.1, 0.15) is 0 Å². The number of anilines is 2. The normalized spacial score (nSPS) is 18.1. The second kappa shape index (κ2) is 7.73. The monoisotopic (exact) mass is 320 g/mol. The van der Waals surface area contributed by atoms with Crippen LogP contribution in [0.5, 0.6) is 0 Å². The van der Waals surface area contributed by atoms with Gasteiger partial charge in [-0.25, -0.2) is 4.79 Å². The highest BCUT2D eigenvalue weighted by atomic mass is 16.6. The minimum absolute atomic E-state index is 0.170. The second-order valence-electron chi connectivity index (χ2n) is 5.33. The summed E-state index contributed by atoms with van der Waals surface area (Å²) in [4.78, 5) is 34.8. The number of benzene rings is 1. The lowest BCUT2D eigenvalue weighted by Gasteiger charge is -2.16. The van der Waals surface area contributed by atoms with Gasteiger partial charge in [-0.1, -0.05) is 0 Å². The van der Waals surface area contributed by atoms with Crippen LogP contribution in [0.1, 0.15) is 26.7 Å². The van der Waals surface area contributed by atoms with Crippen LogP contribution in [0.25, 0.3) is 0 Å². The van der Waals surface area contributed by atoms with Crippen molar-refractivity contribution >= 4 is 29.2 Å². The molecule has 2 rings (SSSR count). The molecule has 0 saturated carbocycles. The number of amides is 2. The molecule has 1 heterocycles. The molecule has 0 aromatic heterocycles. The molecular formula is C16H20N2O5. The van der Waals surface area contributed by atoms with E-state index in [-0.39, 0.29) is 5.91 Å². The van der Waals surface area contributed by atoms with Crippen molar-refractivity contribution in [3.8, 4) is 0 Å². The molecule has 2 N–H and O–H groups in total. The van der Waals surface area contributed by atoms with Crippen LogP contribution in [0.4, 0.5) is 11.4 Å². The zero-order valence-corrected chi connectivity index (χ0v) is 13.1. The molecule has 124 valence electrons. The first-order valence-electron chi connectivity index (χ1n) is 7.46. The second-order valence-corrected chi connectivity index (χ2v) is 5.33. The third kappa shape index (κ3) is 5.07. The Morgan fingerprint density at radius 2 is 1.78 bits per heavy atom. The van der Waals surface area contributed by atoms with Crippen molar-refractivity contribution in [2.75, 3.05) is 17.2 Å². The van der Waals surface area contributed by atoms with Crippen LogP contribution in [0.15, 0.2) is 24.3 Å². The molecule has 23 heavy (non-hydrogen) atoms. The summed E-state index contributed by atoms with van der Waals surface area (Å²) in [5.74, 6) is -1.11. The van der Waals surface area contributed by atoms with Gasteiger partial charge in [0.25, 0.3) is 5.91 Å². The van der Waals surface area contributed by atoms with E-state index < -0.39 is 24.1 Å². The Morgan fingerprint density at radius 3 is 2.30 bits per heavy atom. The van der Waals surface area contributed by atoms with E-state index in [9.17, 15) is 14.4 Å². The fraction of sp³-hybridized carbons (Fsp3) is 0.438. The van der Waals surface area contributed by atoms with Gasteiger partial charge in [-0.3, -0.25) is 9.59 Å². The summed E-state index contributed by atoms with van der Waals surface area (Å²) in [6.45, 7) is 3.47. The molecule has 1 aromatic rings. The third-order valence-corrected chi connectivity index (χ3v) is 3.33. The molecule has 7 heteroatoms. The van der Waals surface area contributed by atoms with Crippen molar-refractivity contribution in [2.24, 2.45) is 0 Å². The smallest absolute Gasteiger partial charge is 0.336 e. The predicted molar refractivity (Wildman–Crippen MR) is 83.9 cm³/mol. The Hall–Kier alpha value is -2.41. The summed E-state index contributed by atoms with van der Waals surface area (Å²) >= 11 is 0. The number of carbonyl (C=O) groups excluding carboxylic acids is 3. The summed E-state index contributed by atoms with van der Waals surface area (Å²) in [6.07, 6.45) is -0.0393. The van der Waals surface area contributed by atoms with E-state index in [4.69, 9.17) is 9.47 Å². The van der Waals surface area contributed by atoms with Crippen LogP contribution in [0.3, 0.4) is 0 Å². The average molecular weight is 320 g/mol. The molecule has 7 nitrogen and oxygen atoms in total. The van der Waals surface area contributed by atoms with Gasteiger partial charge in [-0.15, -0.1) is 0 Å². The van der Waals surface area contributed by atoms with E-state index in [0.29, 0.717) is 24.4 Å². The lowest BCUT2D eigenvalue weighted by molar-refractivity contribution is -0.162. The highest BCUT2D eigenvalue weighted by Crippen LogP contribution is 2.16. The maximum Gasteiger partial charge on any atom is 0.336 e. The number of nitrogens with one attached hydrogen (secondary N) is 2. The highest BCUT2D eigenvalue weighted by Gasteiger charge is 2.28. The maximum absolute atomic E-state index is 12.0. The summed E-state index contributed by atoms with van der Waals surface area (Å²) in [5, 5.41) is 5.28. The largest absolute Gasteiger partial charge is 0.451 e. The summed E-state index contributed by atoms with van der Waals surface area (Å²) in [7, 11) is 0. The van der Waals surface area contributed by atoms with E-state index in [2.05, 4.69) is 10.6 Å². The first-order valence-corrected chi connectivity index (χ1v) is 7.46. The molecule has 1 aromatic carbocycles. The van der Waals surface area contributed by atoms with Crippen LogP contribution < -0.4 is 10.6 Å². The molecule has 1 aliphatic rings. The molecule has 0 aliphatic carbocycles. The van der Waals surface area contributed by atoms with Crippen LogP contribution in [0, 0.1) is 0 Å². The molecular weight excluding hydrogens is 300 g/mol. The van der Waals surface area contributed by atoms with Gasteiger partial charge in [-0.05, 0) is 44.0 Å². The first-order chi connectivity index (χ1) is 11.0. The first kappa shape index (κ1) is 17.0. The van der Waals surface area contributed by atoms with Crippen molar-refractivity contribution < 1.29 is 23.9 Å². The standard InChI is InChI=1S/C16H20N2O5/c1-10(23-16(21)14-4-3-9-22-14)15(20)18-13-7-5-12(6-8-13)17-11(2)19/h5-8,10,14H,3-4,9H2,1-2H3,(H,17,19)(H,18,20)/t10-,14-/m0/s1. The Kier molecular flexibility index (Phi) is 5.70. The molecule has 0 unspecified atom stereocenters. The fourth-order valence-corrected chi connectivity index (χ4v) is 2.15. The number of ether oxygens (including phenoxy) is 2. The van der Waals surface area contributed by atoms with E-state index in [0.717, 1.165) is 6.42 Å². The van der Waals surface area contributed by atoms with Crippen molar-refractivity contribution in [2.45, 2.75) is 38.9 Å². The zero-order valence-electron chi connectivity index (χ0n) is 13.1. The molecule has 0 bridgehead atoms. The molecule has 1 aliphatic heterocycles. The Balaban J connectivity index is 1.85. The van der Waals surface area contributed by atoms with Gasteiger partial charge in [0.05, 0.1) is 0 Å². The third-order valence-electron chi connectivity index (χ3n) is 3.33. The number of hydrogen-bond acceptors (Lipinski definition) is 5. The van der Waals surface area contributed by atoms with Crippen molar-refractivity contribution in [1.82, 2.24) is 0 Å². The predicted octanol–water partition coefficient (Wildman–Crippen LogP) is 1.69. The zero-order chi connectivity index (χ0) is 16.8. The van der Waals surface area contributed by atoms with Crippen molar-refractivity contribution in [3.05, 3.63) is 24.3 Å². The summed E-state index contributed by atoms with van der Waals surface area (Å²) < 4.78 is 10.3. The molecule has 0 spiro atoms. The van der Waals surface area contributed by atoms with Crippen molar-refractivity contribution in [3.63, 3.8) is 0 Å². The van der Waals surface area contributed by atoms with E-state index >= 15 is 0 Å². The fourth-order valence-electron chi connectivity index (χ4n) is 2.15. The molecule has 0 radical (unpaired) electrons. The minimum Gasteiger partial charge on any atom is -0.451 e. The van der Waals surface area contributed by atoms with Crippen molar-refractivity contribution in [1.29, 1.82) is 0 Å². The lowest BCUT2D eigenvalue weighted by Crippen LogP contribution is -2.33. The van der Waals surface area contributed by atoms with Crippen LogP contribution in [-0.4, -0.2) is 36.6 Å². The highest BCUT2D eigenvalue weighted by molar-refractivity contribution is 5.95. The van der Waals surface area contributed by atoms with Crippen LogP contribution in [0.2, 0.25) is 0 Å². The molecule has 1 fully saturated rings. The van der Waals surface area contributed by atoms with Gasteiger partial charge in [0.15, 0.2) is 12.2 Å². The van der Waals surface area contributed by atoms with Gasteiger partial charge >= 0.3 is 5.97 Å². The molecule has 2 amide bonds. The summed E-state index contributed by atoms with van der Waals surface area (Å²) in [5.41, 5.74) is 1.18. The van der Waals surface area contributed by atoms with Crippen LogP contribution in [-0.2, 0) is 23.9 Å². The molecule has 2 atom stereocenters. The number of carbonyl (C=O) groups is 3. The van der Waals surface area contributed by atoms with E-state index in [1.165, 1.54) is 13.8 Å². The Morgan fingerprint density at radius 1 is 1.17 bits per heavy atom. The van der Waals surface area contributed by atoms with E-state index in [1.807, 2.05) is 0 Å². The average Bonchev–Trinajstić information content (AvgIpc) is 3.03.